The Morgan fingerprint density at radius 1 is 1.64 bits per heavy atom. The summed E-state index contributed by atoms with van der Waals surface area (Å²) in [5.74, 6) is -1.06. The van der Waals surface area contributed by atoms with Gasteiger partial charge in [-0.15, -0.1) is 0 Å². The van der Waals surface area contributed by atoms with Crippen molar-refractivity contribution in [3.8, 4) is 0 Å². The maximum atomic E-state index is 11.0. The normalized spacial score (nSPS) is 13.9. The predicted molar refractivity (Wildman–Crippen MR) is 47.7 cm³/mol. The molecule has 1 N–H and O–H groups in total. The smallest absolute Gasteiger partial charge is 0.328 e. The lowest BCUT2D eigenvalue weighted by atomic mass is 10.4. The van der Waals surface area contributed by atoms with Crippen molar-refractivity contribution in [1.82, 2.24) is 9.78 Å². The molecule has 1 atom stereocenters. The second-order valence-corrected chi connectivity index (χ2v) is 4.96. The molecule has 1 unspecified atom stereocenters. The number of hydrogen-bond donors (Lipinski definition) is 1. The van der Waals surface area contributed by atoms with Gasteiger partial charge in [0.2, 0.25) is 0 Å². The van der Waals surface area contributed by atoms with Crippen LogP contribution in [0.3, 0.4) is 0 Å². The van der Waals surface area contributed by atoms with Crippen LogP contribution in [0.5, 0.6) is 0 Å². The van der Waals surface area contributed by atoms with Crippen molar-refractivity contribution in [3.63, 3.8) is 0 Å². The van der Waals surface area contributed by atoms with Crippen LogP contribution in [-0.2, 0) is 14.6 Å². The van der Waals surface area contributed by atoms with E-state index in [4.69, 9.17) is 5.11 Å². The van der Waals surface area contributed by atoms with E-state index in [9.17, 15) is 13.2 Å². The molecule has 0 saturated heterocycles. The summed E-state index contributed by atoms with van der Waals surface area (Å²) in [5.41, 5.74) is 0. The summed E-state index contributed by atoms with van der Waals surface area (Å²) in [6.07, 6.45) is 3.38. The second kappa shape index (κ2) is 3.41. The van der Waals surface area contributed by atoms with Gasteiger partial charge in [-0.1, -0.05) is 0 Å². The van der Waals surface area contributed by atoms with E-state index >= 15 is 0 Å². The summed E-state index contributed by atoms with van der Waals surface area (Å²) in [6, 6.07) is -0.870. The lowest BCUT2D eigenvalue weighted by Crippen LogP contribution is -2.15. The van der Waals surface area contributed by atoms with Crippen molar-refractivity contribution >= 4 is 15.8 Å². The molecule has 1 aromatic rings. The van der Waals surface area contributed by atoms with Crippen LogP contribution in [0.25, 0.3) is 0 Å². The van der Waals surface area contributed by atoms with Crippen molar-refractivity contribution in [2.24, 2.45) is 0 Å². The van der Waals surface area contributed by atoms with Crippen LogP contribution in [-0.4, -0.2) is 35.5 Å². The van der Waals surface area contributed by atoms with E-state index in [1.807, 2.05) is 0 Å². The summed E-state index contributed by atoms with van der Waals surface area (Å²) >= 11 is 0. The van der Waals surface area contributed by atoms with Gasteiger partial charge in [-0.2, -0.15) is 5.10 Å². The molecule has 0 bridgehead atoms. The van der Waals surface area contributed by atoms with Crippen LogP contribution in [0, 0.1) is 0 Å². The molecule has 6 nitrogen and oxygen atoms in total. The van der Waals surface area contributed by atoms with Gasteiger partial charge in [0, 0.05) is 12.5 Å². The van der Waals surface area contributed by atoms with Crippen molar-refractivity contribution in [3.05, 3.63) is 12.4 Å². The van der Waals surface area contributed by atoms with Crippen LogP contribution in [0.2, 0.25) is 0 Å². The van der Waals surface area contributed by atoms with Crippen molar-refractivity contribution in [2.45, 2.75) is 17.9 Å². The van der Waals surface area contributed by atoms with Gasteiger partial charge >= 0.3 is 5.97 Å². The third-order valence-electron chi connectivity index (χ3n) is 1.76. The molecule has 0 aromatic carbocycles. The fourth-order valence-electron chi connectivity index (χ4n) is 0.837. The predicted octanol–water partition coefficient (Wildman–Crippen LogP) is -0.0678. The molecule has 1 heterocycles. The Kier molecular flexibility index (Phi) is 2.61. The van der Waals surface area contributed by atoms with E-state index in [0.717, 1.165) is 17.1 Å². The Morgan fingerprint density at radius 3 is 2.57 bits per heavy atom. The molecule has 7 heteroatoms. The maximum Gasteiger partial charge on any atom is 0.328 e. The van der Waals surface area contributed by atoms with Crippen LogP contribution >= 0.6 is 0 Å². The number of aromatic nitrogens is 2. The molecule has 1 rings (SSSR count). The Morgan fingerprint density at radius 2 is 2.21 bits per heavy atom. The first-order valence-corrected chi connectivity index (χ1v) is 5.68. The molecular formula is C7H10N2O4S. The van der Waals surface area contributed by atoms with Crippen molar-refractivity contribution in [1.29, 1.82) is 0 Å². The molecule has 78 valence electrons. The SMILES string of the molecule is CC(C(=O)O)n1cc(S(C)(=O)=O)cn1. The largest absolute Gasteiger partial charge is 0.480 e. The summed E-state index contributed by atoms with van der Waals surface area (Å²) in [5, 5.41) is 12.3. The average molecular weight is 218 g/mol. The summed E-state index contributed by atoms with van der Waals surface area (Å²) < 4.78 is 23.2. The van der Waals surface area contributed by atoms with Gasteiger partial charge in [-0.3, -0.25) is 4.68 Å². The Balaban J connectivity index is 3.06. The van der Waals surface area contributed by atoms with Crippen LogP contribution in [0.1, 0.15) is 13.0 Å². The Bertz CT molecular complexity index is 448. The molecule has 0 spiro atoms. The zero-order valence-electron chi connectivity index (χ0n) is 7.71. The van der Waals surface area contributed by atoms with E-state index in [-0.39, 0.29) is 4.90 Å². The minimum atomic E-state index is -3.32. The lowest BCUT2D eigenvalue weighted by molar-refractivity contribution is -0.140. The van der Waals surface area contributed by atoms with Gasteiger partial charge in [0.1, 0.15) is 10.9 Å². The second-order valence-electron chi connectivity index (χ2n) is 2.94. The molecule has 0 aliphatic carbocycles. The molecule has 0 saturated carbocycles. The third-order valence-corrected chi connectivity index (χ3v) is 2.83. The molecular weight excluding hydrogens is 208 g/mol. The molecule has 0 amide bonds. The van der Waals surface area contributed by atoms with Crippen LogP contribution in [0.15, 0.2) is 17.3 Å². The topological polar surface area (TPSA) is 89.3 Å². The highest BCUT2D eigenvalue weighted by Crippen LogP contribution is 2.10. The van der Waals surface area contributed by atoms with Gasteiger partial charge in [-0.25, -0.2) is 13.2 Å². The van der Waals surface area contributed by atoms with E-state index in [1.54, 1.807) is 0 Å². The number of hydrogen-bond acceptors (Lipinski definition) is 4. The molecule has 0 aliphatic heterocycles. The highest BCUT2D eigenvalue weighted by Gasteiger charge is 2.17. The third kappa shape index (κ3) is 2.11. The van der Waals surface area contributed by atoms with Gasteiger partial charge in [0.15, 0.2) is 9.84 Å². The van der Waals surface area contributed by atoms with Gasteiger partial charge in [-0.05, 0) is 6.92 Å². The fraction of sp³-hybridized carbons (Fsp3) is 0.429. The van der Waals surface area contributed by atoms with E-state index in [0.29, 0.717) is 0 Å². The molecule has 0 aliphatic rings. The minimum absolute atomic E-state index is 0.0191. The lowest BCUT2D eigenvalue weighted by Gasteiger charge is -2.04. The molecule has 0 radical (unpaired) electrons. The number of sulfone groups is 1. The van der Waals surface area contributed by atoms with Crippen molar-refractivity contribution in [2.75, 3.05) is 6.26 Å². The minimum Gasteiger partial charge on any atom is -0.480 e. The Hall–Kier alpha value is -1.37. The summed E-state index contributed by atoms with van der Waals surface area (Å²) in [7, 11) is -3.32. The zero-order valence-corrected chi connectivity index (χ0v) is 8.52. The first-order chi connectivity index (χ1) is 6.32. The number of carboxylic acids is 1. The van der Waals surface area contributed by atoms with Gasteiger partial charge in [0.05, 0.1) is 6.20 Å². The van der Waals surface area contributed by atoms with E-state index in [1.165, 1.54) is 13.1 Å². The van der Waals surface area contributed by atoms with E-state index < -0.39 is 21.8 Å². The molecule has 0 fully saturated rings. The Labute approximate surface area is 81.1 Å². The molecule has 1 aromatic heterocycles. The number of aliphatic carboxylic acids is 1. The van der Waals surface area contributed by atoms with Gasteiger partial charge in [0.25, 0.3) is 0 Å². The maximum absolute atomic E-state index is 11.0. The zero-order chi connectivity index (χ0) is 10.9. The number of carbonyl (C=O) groups is 1. The monoisotopic (exact) mass is 218 g/mol. The summed E-state index contributed by atoms with van der Waals surface area (Å²) in [4.78, 5) is 10.6. The first-order valence-electron chi connectivity index (χ1n) is 3.79. The standard InChI is InChI=1S/C7H10N2O4S/c1-5(7(10)11)9-4-6(3-8-9)14(2,12)13/h3-5H,1-2H3,(H,10,11). The highest BCUT2D eigenvalue weighted by atomic mass is 32.2. The van der Waals surface area contributed by atoms with Crippen LogP contribution in [0.4, 0.5) is 0 Å². The van der Waals surface area contributed by atoms with E-state index in [2.05, 4.69) is 5.10 Å². The number of nitrogens with zero attached hydrogens (tertiary/aromatic N) is 2. The first kappa shape index (κ1) is 10.7. The average Bonchev–Trinajstić information content (AvgIpc) is 2.49. The number of rotatable bonds is 3. The summed E-state index contributed by atoms with van der Waals surface area (Å²) in [6.45, 7) is 1.42. The quantitative estimate of drug-likeness (QED) is 0.767. The molecule has 14 heavy (non-hydrogen) atoms. The number of carboxylic acid groups (broad SMARTS) is 1. The fourth-order valence-corrected chi connectivity index (χ4v) is 1.38. The van der Waals surface area contributed by atoms with Crippen LogP contribution < -0.4 is 0 Å². The van der Waals surface area contributed by atoms with Crippen molar-refractivity contribution < 1.29 is 18.3 Å². The van der Waals surface area contributed by atoms with Gasteiger partial charge < -0.3 is 5.11 Å². The highest BCUT2D eigenvalue weighted by molar-refractivity contribution is 7.90.